The molecular weight excluding hydrogens is 395 g/mol. The lowest BCUT2D eigenvalue weighted by molar-refractivity contribution is 0.101. The minimum absolute atomic E-state index is 0.0762. The van der Waals surface area contributed by atoms with E-state index in [1.54, 1.807) is 24.3 Å². The van der Waals surface area contributed by atoms with Gasteiger partial charge in [-0.3, -0.25) is 9.59 Å². The van der Waals surface area contributed by atoms with Crippen LogP contribution in [0.25, 0.3) is 0 Å². The van der Waals surface area contributed by atoms with E-state index in [4.69, 9.17) is 23.2 Å². The topological polar surface area (TPSA) is 54.4 Å². The largest absolute Gasteiger partial charge is 0.507 e. The van der Waals surface area contributed by atoms with Gasteiger partial charge in [0.2, 0.25) is 0 Å². The molecule has 0 heterocycles. The van der Waals surface area contributed by atoms with Crippen LogP contribution in [-0.2, 0) is 18.2 Å². The summed E-state index contributed by atoms with van der Waals surface area (Å²) >= 11 is 11.4. The second kappa shape index (κ2) is 17.3. The van der Waals surface area contributed by atoms with Gasteiger partial charge in [0.15, 0.2) is 12.1 Å². The number of aryl methyl sites for hydroxylation is 1. The molecule has 0 unspecified atom stereocenters. The maximum atomic E-state index is 10.9. The van der Waals surface area contributed by atoms with E-state index in [0.29, 0.717) is 29.2 Å². The van der Waals surface area contributed by atoms with E-state index in [1.807, 2.05) is 39.8 Å². The van der Waals surface area contributed by atoms with Gasteiger partial charge in [-0.1, -0.05) is 71.0 Å². The molecule has 0 aromatic heterocycles. The number of phenolic OH excluding ortho intramolecular Hbond substituents is 1. The summed E-state index contributed by atoms with van der Waals surface area (Å²) < 4.78 is 0. The highest BCUT2D eigenvalue weighted by Crippen LogP contribution is 2.27. The molecule has 0 aliphatic rings. The Morgan fingerprint density at radius 1 is 1.00 bits per heavy atom. The second-order valence-electron chi connectivity index (χ2n) is 5.14. The van der Waals surface area contributed by atoms with Gasteiger partial charge >= 0.3 is 0 Å². The summed E-state index contributed by atoms with van der Waals surface area (Å²) in [7, 11) is 0. The van der Waals surface area contributed by atoms with Crippen LogP contribution in [0.2, 0.25) is 0 Å². The number of carbonyl (C=O) groups excluding carboxylic acids is 2. The van der Waals surface area contributed by atoms with E-state index in [1.165, 1.54) is 6.92 Å². The van der Waals surface area contributed by atoms with Crippen molar-refractivity contribution >= 4 is 35.3 Å². The monoisotopic (exact) mass is 426 g/mol. The van der Waals surface area contributed by atoms with Crippen LogP contribution >= 0.6 is 23.2 Å². The van der Waals surface area contributed by atoms with Gasteiger partial charge in [0, 0.05) is 22.3 Å². The summed E-state index contributed by atoms with van der Waals surface area (Å²) in [5.74, 6) is 0.808. The molecule has 0 aliphatic carbocycles. The van der Waals surface area contributed by atoms with Crippen molar-refractivity contribution in [2.24, 2.45) is 0 Å². The van der Waals surface area contributed by atoms with E-state index in [2.05, 4.69) is 6.92 Å². The number of halogens is 2. The van der Waals surface area contributed by atoms with Crippen LogP contribution in [0, 0.1) is 0 Å². The smallest absolute Gasteiger partial charge is 0.160 e. The van der Waals surface area contributed by atoms with Crippen molar-refractivity contribution in [1.82, 2.24) is 0 Å². The molecule has 0 spiro atoms. The Kier molecular flexibility index (Phi) is 17.5. The fourth-order valence-electron chi connectivity index (χ4n) is 2.16. The van der Waals surface area contributed by atoms with Gasteiger partial charge in [-0.15, -0.1) is 23.2 Å². The fraction of sp³-hybridized carbons (Fsp3) is 0.391. The van der Waals surface area contributed by atoms with Gasteiger partial charge < -0.3 is 5.11 Å². The molecule has 28 heavy (non-hydrogen) atoms. The molecule has 156 valence electrons. The molecule has 0 radical (unpaired) electrons. The van der Waals surface area contributed by atoms with E-state index in [0.717, 1.165) is 23.1 Å². The van der Waals surface area contributed by atoms with Crippen molar-refractivity contribution in [1.29, 1.82) is 0 Å². The van der Waals surface area contributed by atoms with Gasteiger partial charge in [-0.2, -0.15) is 0 Å². The number of carbonyl (C=O) groups is 2. The number of phenols is 1. The lowest BCUT2D eigenvalue weighted by atomic mass is 10.0. The van der Waals surface area contributed by atoms with Crippen LogP contribution in [0.15, 0.2) is 36.4 Å². The van der Waals surface area contributed by atoms with Gasteiger partial charge in [0.05, 0.1) is 11.8 Å². The molecule has 2 rings (SSSR count). The third kappa shape index (κ3) is 9.38. The highest BCUT2D eigenvalue weighted by molar-refractivity contribution is 6.18. The number of rotatable bonds is 5. The number of Topliss-reactive ketones (excluding diaryl/α,β-unsaturated/α-hetero) is 1. The van der Waals surface area contributed by atoms with Crippen molar-refractivity contribution in [2.45, 2.75) is 59.7 Å². The highest BCUT2D eigenvalue weighted by Gasteiger charge is 2.07. The molecule has 0 atom stereocenters. The van der Waals surface area contributed by atoms with Crippen LogP contribution in [0.1, 0.15) is 78.9 Å². The summed E-state index contributed by atoms with van der Waals surface area (Å²) in [4.78, 5) is 21.2. The number of hydrogen-bond donors (Lipinski definition) is 1. The lowest BCUT2D eigenvalue weighted by Gasteiger charge is -2.08. The Balaban J connectivity index is 0. The molecule has 2 aromatic carbocycles. The number of aromatic hydroxyl groups is 1. The van der Waals surface area contributed by atoms with E-state index in [9.17, 15) is 14.7 Å². The van der Waals surface area contributed by atoms with Crippen molar-refractivity contribution in [3.8, 4) is 5.75 Å². The molecule has 0 amide bonds. The zero-order valence-electron chi connectivity index (χ0n) is 17.7. The number of benzene rings is 2. The van der Waals surface area contributed by atoms with Crippen LogP contribution in [-0.4, -0.2) is 17.2 Å². The van der Waals surface area contributed by atoms with E-state index in [-0.39, 0.29) is 11.5 Å². The average molecular weight is 427 g/mol. The van der Waals surface area contributed by atoms with Crippen LogP contribution < -0.4 is 0 Å². The Labute approximate surface area is 179 Å². The van der Waals surface area contributed by atoms with E-state index < -0.39 is 0 Å². The van der Waals surface area contributed by atoms with Crippen LogP contribution in [0.3, 0.4) is 0 Å². The second-order valence-corrected chi connectivity index (χ2v) is 5.68. The predicted molar refractivity (Wildman–Crippen MR) is 121 cm³/mol. The first-order chi connectivity index (χ1) is 13.5. The first kappa shape index (κ1) is 28.4. The summed E-state index contributed by atoms with van der Waals surface area (Å²) in [6, 6.07) is 10.6. The first-order valence-electron chi connectivity index (χ1n) is 9.49. The number of alkyl halides is 2. The zero-order valence-corrected chi connectivity index (χ0v) is 19.2. The van der Waals surface area contributed by atoms with Gasteiger partial charge in [-0.05, 0) is 18.9 Å². The summed E-state index contributed by atoms with van der Waals surface area (Å²) in [6.07, 6.45) is 1.62. The third-order valence-corrected chi connectivity index (χ3v) is 4.07. The SMILES string of the molecule is CC.CC.CC(=O)c1ccccc1C=O.CCc1cc(CCl)c(O)c(CCl)c1. The average Bonchev–Trinajstić information content (AvgIpc) is 2.77. The molecule has 0 aliphatic heterocycles. The molecule has 0 bridgehead atoms. The number of ketones is 1. The summed E-state index contributed by atoms with van der Waals surface area (Å²) in [5, 5.41) is 9.64. The number of aldehydes is 1. The summed E-state index contributed by atoms with van der Waals surface area (Å²) in [6.45, 7) is 11.5. The van der Waals surface area contributed by atoms with Crippen LogP contribution in [0.4, 0.5) is 0 Å². The Morgan fingerprint density at radius 3 is 1.79 bits per heavy atom. The minimum Gasteiger partial charge on any atom is -0.507 e. The van der Waals surface area contributed by atoms with Crippen molar-refractivity contribution in [3.63, 3.8) is 0 Å². The normalized spacial score (nSPS) is 8.86. The zero-order chi connectivity index (χ0) is 22.1. The Hall–Kier alpha value is -1.84. The maximum absolute atomic E-state index is 10.9. The predicted octanol–water partition coefficient (Wildman–Crippen LogP) is 7.19. The maximum Gasteiger partial charge on any atom is 0.160 e. The fourth-order valence-corrected chi connectivity index (χ4v) is 2.57. The van der Waals surface area contributed by atoms with Crippen molar-refractivity contribution in [2.75, 3.05) is 0 Å². The van der Waals surface area contributed by atoms with E-state index >= 15 is 0 Å². The summed E-state index contributed by atoms with van der Waals surface area (Å²) in [5.41, 5.74) is 3.62. The standard InChI is InChI=1S/C10H12Cl2O.C9H8O2.2C2H6/c1-2-7-3-8(5-11)10(13)9(4-7)6-12;1-7(11)9-5-3-2-4-8(9)6-10;2*1-2/h3-4,13H,2,5-6H2,1H3;2-6H,1H3;2*1-2H3. The Morgan fingerprint density at radius 2 is 1.46 bits per heavy atom. The van der Waals surface area contributed by atoms with Crippen molar-refractivity contribution in [3.05, 3.63) is 64.2 Å². The quantitative estimate of drug-likeness (QED) is 0.312. The molecule has 0 saturated carbocycles. The molecule has 2 aromatic rings. The number of hydrogen-bond acceptors (Lipinski definition) is 3. The Bertz CT molecular complexity index is 688. The molecule has 3 nitrogen and oxygen atoms in total. The van der Waals surface area contributed by atoms with Gasteiger partial charge in [-0.25, -0.2) is 0 Å². The molecule has 0 fully saturated rings. The first-order valence-corrected chi connectivity index (χ1v) is 10.6. The van der Waals surface area contributed by atoms with Crippen molar-refractivity contribution < 1.29 is 14.7 Å². The lowest BCUT2D eigenvalue weighted by Crippen LogP contribution is -1.97. The molecule has 0 saturated heterocycles. The molecule has 1 N–H and O–H groups in total. The van der Waals surface area contributed by atoms with Gasteiger partial charge in [0.1, 0.15) is 5.75 Å². The van der Waals surface area contributed by atoms with Gasteiger partial charge in [0.25, 0.3) is 0 Å². The molecular formula is C23H32Cl2O3. The third-order valence-electron chi connectivity index (χ3n) is 3.49. The highest BCUT2D eigenvalue weighted by atomic mass is 35.5. The van der Waals surface area contributed by atoms with Crippen LogP contribution in [0.5, 0.6) is 5.75 Å². The molecule has 5 heteroatoms. The minimum atomic E-state index is -0.0762.